The van der Waals surface area contributed by atoms with Crippen LogP contribution in [-0.4, -0.2) is 16.4 Å². The van der Waals surface area contributed by atoms with Gasteiger partial charge in [-0.25, -0.2) is 4.99 Å². The van der Waals surface area contributed by atoms with E-state index in [1.54, 1.807) is 0 Å². The van der Waals surface area contributed by atoms with Gasteiger partial charge in [0.1, 0.15) is 5.69 Å². The fraction of sp³-hybridized carbons (Fsp3) is 0.304. The fourth-order valence-corrected chi connectivity index (χ4v) is 4.17. The highest BCUT2D eigenvalue weighted by Gasteiger charge is 2.45. The van der Waals surface area contributed by atoms with Gasteiger partial charge in [0.05, 0.1) is 11.2 Å². The Morgan fingerprint density at radius 2 is 1.81 bits per heavy atom. The van der Waals surface area contributed by atoms with Crippen LogP contribution in [0.2, 0.25) is 0 Å². The minimum absolute atomic E-state index is 0.602. The Morgan fingerprint density at radius 1 is 1.04 bits per heavy atom. The number of aromatic nitrogens is 1. The van der Waals surface area contributed by atoms with Gasteiger partial charge in [0.25, 0.3) is 0 Å². The molecule has 1 unspecified atom stereocenters. The van der Waals surface area contributed by atoms with Crippen LogP contribution in [0.4, 0.5) is 11.4 Å². The number of anilines is 1. The van der Waals surface area contributed by atoms with Crippen molar-refractivity contribution < 1.29 is 4.74 Å². The van der Waals surface area contributed by atoms with E-state index in [0.717, 1.165) is 57.0 Å². The van der Waals surface area contributed by atoms with E-state index in [2.05, 4.69) is 64.2 Å². The first-order valence-corrected chi connectivity index (χ1v) is 9.41. The number of nitrogens with zero attached hydrogens (tertiary/aromatic N) is 2. The van der Waals surface area contributed by atoms with Gasteiger partial charge < -0.3 is 10.1 Å². The van der Waals surface area contributed by atoms with Gasteiger partial charge in [0.2, 0.25) is 5.72 Å². The summed E-state index contributed by atoms with van der Waals surface area (Å²) in [5, 5.41) is 4.66. The molecule has 3 aromatic rings. The van der Waals surface area contributed by atoms with Gasteiger partial charge in [-0.05, 0) is 69.0 Å². The van der Waals surface area contributed by atoms with Crippen LogP contribution in [0.1, 0.15) is 34.9 Å². The second-order valence-corrected chi connectivity index (χ2v) is 7.80. The molecular formula is C23H23N3O. The predicted molar refractivity (Wildman–Crippen MR) is 111 cm³/mol. The van der Waals surface area contributed by atoms with Crippen LogP contribution in [0.15, 0.2) is 35.3 Å². The number of para-hydroxylation sites is 1. The zero-order valence-electron chi connectivity index (χ0n) is 16.4. The molecule has 0 bridgehead atoms. The predicted octanol–water partition coefficient (Wildman–Crippen LogP) is 5.32. The first kappa shape index (κ1) is 16.3. The summed E-state index contributed by atoms with van der Waals surface area (Å²) in [6.45, 7) is 10.4. The Morgan fingerprint density at radius 3 is 2.59 bits per heavy atom. The molecule has 1 spiro atoms. The number of aryl methyl sites for hydroxylation is 3. The highest BCUT2D eigenvalue weighted by Crippen LogP contribution is 2.48. The Kier molecular flexibility index (Phi) is 3.21. The Hall–Kier alpha value is -2.88. The summed E-state index contributed by atoms with van der Waals surface area (Å²) in [4.78, 5) is 9.90. The van der Waals surface area contributed by atoms with Crippen LogP contribution in [0.25, 0.3) is 10.9 Å². The number of fused-ring (bicyclic) bond motifs is 4. The highest BCUT2D eigenvalue weighted by molar-refractivity contribution is 6.05. The first-order valence-electron chi connectivity index (χ1n) is 9.41. The molecule has 3 heterocycles. The molecule has 136 valence electrons. The van der Waals surface area contributed by atoms with Gasteiger partial charge in [-0.1, -0.05) is 18.2 Å². The van der Waals surface area contributed by atoms with Crippen molar-refractivity contribution in [2.45, 2.75) is 46.8 Å². The van der Waals surface area contributed by atoms with E-state index in [4.69, 9.17) is 14.7 Å². The zero-order valence-corrected chi connectivity index (χ0v) is 16.4. The lowest BCUT2D eigenvalue weighted by Crippen LogP contribution is -2.50. The second-order valence-electron chi connectivity index (χ2n) is 7.80. The summed E-state index contributed by atoms with van der Waals surface area (Å²) in [5.41, 5.74) is 9.17. The molecule has 0 aliphatic carbocycles. The summed E-state index contributed by atoms with van der Waals surface area (Å²) < 4.78 is 6.70. The monoisotopic (exact) mass is 357 g/mol. The van der Waals surface area contributed by atoms with Gasteiger partial charge in [-0.2, -0.15) is 0 Å². The Labute approximate surface area is 159 Å². The average Bonchev–Trinajstić information content (AvgIpc) is 3.02. The average molecular weight is 357 g/mol. The van der Waals surface area contributed by atoms with E-state index in [-0.39, 0.29) is 0 Å². The number of rotatable bonds is 0. The molecule has 5 rings (SSSR count). The van der Waals surface area contributed by atoms with E-state index in [1.165, 1.54) is 11.1 Å². The van der Waals surface area contributed by atoms with E-state index >= 15 is 0 Å². The van der Waals surface area contributed by atoms with Crippen molar-refractivity contribution in [3.63, 3.8) is 0 Å². The van der Waals surface area contributed by atoms with Gasteiger partial charge in [-0.15, -0.1) is 0 Å². The normalized spacial score (nSPS) is 20.1. The summed E-state index contributed by atoms with van der Waals surface area (Å²) in [6.07, 6.45) is 0.777. The SMILES string of the molecule is CC1=Nc2c(c(C)c(C)c3nc(C)c(C)cc23)OC12Cc1ccccc1N2. The lowest BCUT2D eigenvalue weighted by Gasteiger charge is -2.36. The molecule has 4 nitrogen and oxygen atoms in total. The summed E-state index contributed by atoms with van der Waals surface area (Å²) in [5.74, 6) is 0.871. The Balaban J connectivity index is 1.74. The van der Waals surface area contributed by atoms with Crippen molar-refractivity contribution in [1.82, 2.24) is 4.98 Å². The molecule has 0 amide bonds. The van der Waals surface area contributed by atoms with Crippen LogP contribution in [0.3, 0.4) is 0 Å². The molecule has 0 saturated heterocycles. The minimum atomic E-state index is -0.602. The van der Waals surface area contributed by atoms with Crippen molar-refractivity contribution in [3.8, 4) is 5.75 Å². The lowest BCUT2D eigenvalue weighted by molar-refractivity contribution is 0.173. The maximum atomic E-state index is 6.70. The van der Waals surface area contributed by atoms with Crippen molar-refractivity contribution in [2.75, 3.05) is 5.32 Å². The largest absolute Gasteiger partial charge is 0.460 e. The number of benzene rings is 2. The zero-order chi connectivity index (χ0) is 18.9. The Bertz CT molecular complexity index is 1140. The maximum Gasteiger partial charge on any atom is 0.224 e. The topological polar surface area (TPSA) is 46.5 Å². The number of hydrogen-bond acceptors (Lipinski definition) is 4. The van der Waals surface area contributed by atoms with Crippen LogP contribution in [-0.2, 0) is 6.42 Å². The third kappa shape index (κ3) is 2.16. The summed E-state index contributed by atoms with van der Waals surface area (Å²) in [7, 11) is 0. The minimum Gasteiger partial charge on any atom is -0.460 e. The molecule has 0 saturated carbocycles. The molecule has 1 N–H and O–H groups in total. The van der Waals surface area contributed by atoms with E-state index in [0.29, 0.717) is 0 Å². The van der Waals surface area contributed by atoms with Crippen LogP contribution >= 0.6 is 0 Å². The number of hydrogen-bond donors (Lipinski definition) is 1. The molecule has 1 aromatic heterocycles. The molecular weight excluding hydrogens is 334 g/mol. The van der Waals surface area contributed by atoms with Crippen molar-refractivity contribution >= 4 is 28.0 Å². The number of nitrogens with one attached hydrogen (secondary N) is 1. The van der Waals surface area contributed by atoms with E-state index in [1.807, 2.05) is 6.07 Å². The molecule has 27 heavy (non-hydrogen) atoms. The van der Waals surface area contributed by atoms with Crippen molar-refractivity contribution in [1.29, 1.82) is 0 Å². The van der Waals surface area contributed by atoms with Crippen LogP contribution in [0.5, 0.6) is 5.75 Å². The summed E-state index contributed by atoms with van der Waals surface area (Å²) in [6, 6.07) is 10.6. The summed E-state index contributed by atoms with van der Waals surface area (Å²) >= 11 is 0. The van der Waals surface area contributed by atoms with Gasteiger partial charge in [0.15, 0.2) is 5.75 Å². The van der Waals surface area contributed by atoms with Crippen LogP contribution < -0.4 is 10.1 Å². The van der Waals surface area contributed by atoms with Crippen LogP contribution in [0, 0.1) is 27.7 Å². The quantitative estimate of drug-likeness (QED) is 0.592. The fourth-order valence-electron chi connectivity index (χ4n) is 4.17. The molecule has 2 aliphatic rings. The number of pyridine rings is 1. The van der Waals surface area contributed by atoms with Gasteiger partial charge >= 0.3 is 0 Å². The second kappa shape index (κ2) is 5.32. The maximum absolute atomic E-state index is 6.70. The molecule has 2 aromatic carbocycles. The molecule has 0 fully saturated rings. The molecule has 2 aliphatic heterocycles. The van der Waals surface area contributed by atoms with E-state index in [9.17, 15) is 0 Å². The first-order chi connectivity index (χ1) is 12.9. The van der Waals surface area contributed by atoms with Gasteiger partial charge in [0, 0.05) is 23.2 Å². The molecule has 0 radical (unpaired) electrons. The van der Waals surface area contributed by atoms with Gasteiger partial charge in [-0.3, -0.25) is 4.98 Å². The van der Waals surface area contributed by atoms with E-state index < -0.39 is 5.72 Å². The highest BCUT2D eigenvalue weighted by atomic mass is 16.5. The number of aliphatic imine (C=N–C) groups is 1. The third-order valence-corrected chi connectivity index (χ3v) is 6.13. The standard InChI is InChI=1S/C23H23N3O/c1-12-10-18-20(24-15(12)4)13(2)14(3)22-21(18)25-16(5)23(27-22)11-17-8-6-7-9-19(17)26-23/h6-10,26H,11H2,1-5H3. The smallest absolute Gasteiger partial charge is 0.224 e. The third-order valence-electron chi connectivity index (χ3n) is 6.13. The molecule has 1 atom stereocenters. The van der Waals surface area contributed by atoms with Crippen molar-refractivity contribution in [2.24, 2.45) is 4.99 Å². The molecule has 4 heteroatoms. The van der Waals surface area contributed by atoms with Crippen molar-refractivity contribution in [3.05, 3.63) is 58.3 Å². The number of ether oxygens (including phenoxy) is 1. The lowest BCUT2D eigenvalue weighted by atomic mass is 9.96.